The zero-order valence-corrected chi connectivity index (χ0v) is 18.1. The number of carbonyl (C=O) groups excluding carboxylic acids is 1. The van der Waals surface area contributed by atoms with Crippen molar-refractivity contribution in [2.24, 2.45) is 0 Å². The van der Waals surface area contributed by atoms with E-state index < -0.39 is 23.4 Å². The minimum atomic E-state index is -1.55. The summed E-state index contributed by atoms with van der Waals surface area (Å²) in [5.74, 6) is -3.82. The number of aromatic nitrogens is 2. The van der Waals surface area contributed by atoms with E-state index in [2.05, 4.69) is 25.9 Å². The molecule has 0 spiro atoms. The third-order valence-electron chi connectivity index (χ3n) is 5.31. The molecule has 176 valence electrons. The van der Waals surface area contributed by atoms with Crippen LogP contribution in [0.4, 0.5) is 41.6 Å². The van der Waals surface area contributed by atoms with Crippen LogP contribution in [0.5, 0.6) is 5.88 Å². The first-order chi connectivity index (χ1) is 17.0. The summed E-state index contributed by atoms with van der Waals surface area (Å²) in [6.07, 6.45) is 2.26. The molecule has 10 heteroatoms. The highest BCUT2D eigenvalue weighted by molar-refractivity contribution is 6.12. The second-order valence-corrected chi connectivity index (χ2v) is 7.71. The molecule has 0 aliphatic carbocycles. The van der Waals surface area contributed by atoms with Gasteiger partial charge in [-0.3, -0.25) is 4.79 Å². The lowest BCUT2D eigenvalue weighted by Gasteiger charge is -2.13. The molecule has 2 aromatic heterocycles. The molecule has 0 radical (unpaired) electrons. The van der Waals surface area contributed by atoms with Crippen LogP contribution in [-0.4, -0.2) is 22.5 Å². The van der Waals surface area contributed by atoms with E-state index in [1.165, 1.54) is 12.1 Å². The number of carbonyl (C=O) groups is 1. The van der Waals surface area contributed by atoms with Crippen LogP contribution in [0.15, 0.2) is 66.9 Å². The van der Waals surface area contributed by atoms with Gasteiger partial charge in [0.25, 0.3) is 11.9 Å². The second kappa shape index (κ2) is 9.34. The Labute approximate surface area is 198 Å². The largest absolute Gasteiger partial charge is 0.477 e. The number of pyridine rings is 2. The predicted molar refractivity (Wildman–Crippen MR) is 125 cm³/mol. The van der Waals surface area contributed by atoms with E-state index in [1.807, 2.05) is 30.3 Å². The maximum absolute atomic E-state index is 14.0. The number of rotatable bonds is 6. The molecule has 3 heterocycles. The highest BCUT2D eigenvalue weighted by Gasteiger charge is 2.20. The molecule has 5 rings (SSSR count). The van der Waals surface area contributed by atoms with Gasteiger partial charge in [0.05, 0.1) is 34.9 Å². The summed E-state index contributed by atoms with van der Waals surface area (Å²) in [4.78, 5) is 19.7. The van der Waals surface area contributed by atoms with Gasteiger partial charge in [0, 0.05) is 30.4 Å². The first-order valence-electron chi connectivity index (χ1n) is 10.6. The van der Waals surface area contributed by atoms with E-state index in [4.69, 9.17) is 4.74 Å². The van der Waals surface area contributed by atoms with E-state index in [-0.39, 0.29) is 5.91 Å². The van der Waals surface area contributed by atoms with Crippen LogP contribution in [0.25, 0.3) is 0 Å². The van der Waals surface area contributed by atoms with E-state index in [9.17, 15) is 18.0 Å². The molecular weight excluding hydrogens is 459 g/mol. The van der Waals surface area contributed by atoms with Gasteiger partial charge >= 0.3 is 0 Å². The average molecular weight is 477 g/mol. The van der Waals surface area contributed by atoms with Crippen LogP contribution >= 0.6 is 0 Å². The first kappa shape index (κ1) is 22.2. The van der Waals surface area contributed by atoms with Gasteiger partial charge in [-0.05, 0) is 42.0 Å². The number of halogens is 3. The lowest BCUT2D eigenvalue weighted by atomic mass is 10.1. The number of amides is 1. The van der Waals surface area contributed by atoms with Crippen LogP contribution < -0.4 is 20.7 Å². The van der Waals surface area contributed by atoms with Crippen molar-refractivity contribution in [3.63, 3.8) is 0 Å². The molecule has 0 unspecified atom stereocenters. The van der Waals surface area contributed by atoms with Crippen molar-refractivity contribution in [2.75, 3.05) is 22.6 Å². The van der Waals surface area contributed by atoms with Gasteiger partial charge in [-0.25, -0.2) is 4.98 Å². The quantitative estimate of drug-likeness (QED) is 0.315. The number of benzene rings is 2. The van der Waals surface area contributed by atoms with Crippen molar-refractivity contribution in [1.29, 1.82) is 0 Å². The maximum atomic E-state index is 14.0. The maximum Gasteiger partial charge on any atom is 0.257 e. The van der Waals surface area contributed by atoms with Gasteiger partial charge in [-0.2, -0.15) is 18.2 Å². The molecule has 35 heavy (non-hydrogen) atoms. The van der Waals surface area contributed by atoms with Crippen LogP contribution in [0.1, 0.15) is 15.9 Å². The van der Waals surface area contributed by atoms with E-state index >= 15 is 0 Å². The highest BCUT2D eigenvalue weighted by Crippen LogP contribution is 2.35. The van der Waals surface area contributed by atoms with Crippen molar-refractivity contribution in [1.82, 2.24) is 9.97 Å². The van der Waals surface area contributed by atoms with Crippen LogP contribution in [0.2, 0.25) is 0 Å². The standard InChI is InChI=1S/C25H18F3N5O2/c26-21-13-20(23(27)24(28)33-21)30-15-5-6-16-18(12-15)31-17-7-4-14(11-19(17)32-25(16)34)8-10-35-22-3-1-2-9-29-22/h1-7,9,11-13,31H,8,10H2,(H,30,33)(H,32,34). The molecule has 0 atom stereocenters. The van der Waals surface area contributed by atoms with Gasteiger partial charge in [0.2, 0.25) is 17.6 Å². The number of fused-ring (bicyclic) bond motifs is 2. The number of nitrogens with one attached hydrogen (secondary N) is 3. The predicted octanol–water partition coefficient (Wildman–Crippen LogP) is 5.57. The fourth-order valence-corrected chi connectivity index (χ4v) is 3.64. The lowest BCUT2D eigenvalue weighted by molar-refractivity contribution is 0.102. The number of nitrogens with zero attached hydrogens (tertiary/aromatic N) is 2. The van der Waals surface area contributed by atoms with Crippen molar-refractivity contribution < 1.29 is 22.7 Å². The molecule has 7 nitrogen and oxygen atoms in total. The zero-order chi connectivity index (χ0) is 24.4. The topological polar surface area (TPSA) is 88.2 Å². The minimum Gasteiger partial charge on any atom is -0.477 e. The molecule has 0 bridgehead atoms. The normalized spacial score (nSPS) is 12.0. The fraction of sp³-hybridized carbons (Fsp3) is 0.0800. The monoisotopic (exact) mass is 477 g/mol. The minimum absolute atomic E-state index is 0.319. The van der Waals surface area contributed by atoms with Crippen LogP contribution in [0.3, 0.4) is 0 Å². The smallest absolute Gasteiger partial charge is 0.257 e. The molecule has 3 N–H and O–H groups in total. The fourth-order valence-electron chi connectivity index (χ4n) is 3.64. The lowest BCUT2D eigenvalue weighted by Crippen LogP contribution is -2.11. The average Bonchev–Trinajstić information content (AvgIpc) is 2.98. The summed E-state index contributed by atoms with van der Waals surface area (Å²) in [5.41, 5.74) is 2.88. The van der Waals surface area contributed by atoms with E-state index in [0.29, 0.717) is 47.2 Å². The Balaban J connectivity index is 1.34. The molecule has 2 aromatic carbocycles. The molecule has 1 aliphatic rings. The van der Waals surface area contributed by atoms with Gasteiger partial charge < -0.3 is 20.7 Å². The molecule has 4 aromatic rings. The number of anilines is 5. The Morgan fingerprint density at radius 2 is 1.80 bits per heavy atom. The number of hydrogen-bond acceptors (Lipinski definition) is 6. The van der Waals surface area contributed by atoms with Crippen molar-refractivity contribution in [3.05, 3.63) is 95.7 Å². The molecule has 0 saturated heterocycles. The summed E-state index contributed by atoms with van der Waals surface area (Å²) in [6.45, 7) is 0.416. The van der Waals surface area contributed by atoms with Gasteiger partial charge in [-0.1, -0.05) is 12.1 Å². The summed E-state index contributed by atoms with van der Waals surface area (Å²) in [7, 11) is 0. The highest BCUT2D eigenvalue weighted by atomic mass is 19.2. The second-order valence-electron chi connectivity index (χ2n) is 7.71. The van der Waals surface area contributed by atoms with Gasteiger partial charge in [-0.15, -0.1) is 0 Å². The van der Waals surface area contributed by atoms with Crippen molar-refractivity contribution in [3.8, 4) is 5.88 Å². The summed E-state index contributed by atoms with van der Waals surface area (Å²) < 4.78 is 46.5. The summed E-state index contributed by atoms with van der Waals surface area (Å²) >= 11 is 0. The Kier molecular flexibility index (Phi) is 5.92. The Hall–Kier alpha value is -4.60. The van der Waals surface area contributed by atoms with Crippen molar-refractivity contribution in [2.45, 2.75) is 6.42 Å². The first-order valence-corrected chi connectivity index (χ1v) is 10.6. The Morgan fingerprint density at radius 1 is 0.914 bits per heavy atom. The third-order valence-corrected chi connectivity index (χ3v) is 5.31. The van der Waals surface area contributed by atoms with E-state index in [1.54, 1.807) is 18.3 Å². The molecule has 0 fully saturated rings. The summed E-state index contributed by atoms with van der Waals surface area (Å²) in [5, 5.41) is 8.69. The molecule has 0 saturated carbocycles. The van der Waals surface area contributed by atoms with Gasteiger partial charge in [0.15, 0.2) is 0 Å². The summed E-state index contributed by atoms with van der Waals surface area (Å²) in [6, 6.07) is 16.3. The Morgan fingerprint density at radius 3 is 2.63 bits per heavy atom. The number of hydrogen-bond donors (Lipinski definition) is 3. The molecule has 1 aliphatic heterocycles. The SMILES string of the molecule is O=C1Nc2cc(CCOc3ccccn3)ccc2Nc2cc(Nc3cc(F)nc(F)c3F)ccc21. The zero-order valence-electron chi connectivity index (χ0n) is 18.1. The van der Waals surface area contributed by atoms with Crippen LogP contribution in [-0.2, 0) is 6.42 Å². The Bertz CT molecular complexity index is 1420. The number of ether oxygens (including phenoxy) is 1. The third kappa shape index (κ3) is 4.86. The van der Waals surface area contributed by atoms with Gasteiger partial charge in [0.1, 0.15) is 0 Å². The van der Waals surface area contributed by atoms with Crippen molar-refractivity contribution >= 4 is 34.3 Å². The molecule has 1 amide bonds. The molecular formula is C25H18F3N5O2. The van der Waals surface area contributed by atoms with Crippen LogP contribution in [0, 0.1) is 17.7 Å². The van der Waals surface area contributed by atoms with E-state index in [0.717, 1.165) is 11.6 Å².